The SMILES string of the molecule is CCCS(=O)(=O)CCNCCOC(N)=O. The van der Waals surface area contributed by atoms with Gasteiger partial charge in [0.2, 0.25) is 0 Å². The molecule has 0 heterocycles. The van der Waals surface area contributed by atoms with Gasteiger partial charge in [-0.3, -0.25) is 0 Å². The molecule has 15 heavy (non-hydrogen) atoms. The number of sulfone groups is 1. The van der Waals surface area contributed by atoms with E-state index in [1.807, 2.05) is 6.92 Å². The van der Waals surface area contributed by atoms with Crippen LogP contribution in [0.3, 0.4) is 0 Å². The van der Waals surface area contributed by atoms with Crippen molar-refractivity contribution in [3.8, 4) is 0 Å². The fourth-order valence-electron chi connectivity index (χ4n) is 0.990. The van der Waals surface area contributed by atoms with Gasteiger partial charge in [-0.2, -0.15) is 0 Å². The van der Waals surface area contributed by atoms with Gasteiger partial charge in [0.05, 0.1) is 5.75 Å². The van der Waals surface area contributed by atoms with Gasteiger partial charge in [-0.05, 0) is 6.42 Å². The highest BCUT2D eigenvalue weighted by atomic mass is 32.2. The third kappa shape index (κ3) is 9.48. The molecule has 0 aromatic heterocycles. The Morgan fingerprint density at radius 2 is 2.00 bits per heavy atom. The van der Waals surface area contributed by atoms with Crippen LogP contribution in [-0.2, 0) is 14.6 Å². The first-order valence-corrected chi connectivity index (χ1v) is 6.63. The lowest BCUT2D eigenvalue weighted by atomic mass is 10.6. The summed E-state index contributed by atoms with van der Waals surface area (Å²) in [5.74, 6) is 0.323. The van der Waals surface area contributed by atoms with Gasteiger partial charge < -0.3 is 15.8 Å². The second-order valence-electron chi connectivity index (χ2n) is 3.07. The van der Waals surface area contributed by atoms with Gasteiger partial charge in [-0.15, -0.1) is 0 Å². The fraction of sp³-hybridized carbons (Fsp3) is 0.875. The fourth-order valence-corrected chi connectivity index (χ4v) is 2.27. The average Bonchev–Trinajstić information content (AvgIpc) is 2.10. The number of rotatable bonds is 8. The minimum absolute atomic E-state index is 0.109. The molecule has 6 nitrogen and oxygen atoms in total. The molecule has 0 rings (SSSR count). The second kappa shape index (κ2) is 7.47. The van der Waals surface area contributed by atoms with Crippen LogP contribution in [0.4, 0.5) is 4.79 Å². The van der Waals surface area contributed by atoms with Gasteiger partial charge in [0.25, 0.3) is 0 Å². The molecule has 0 aliphatic carbocycles. The normalized spacial score (nSPS) is 11.3. The van der Waals surface area contributed by atoms with Crippen molar-refractivity contribution in [3.63, 3.8) is 0 Å². The number of nitrogens with one attached hydrogen (secondary N) is 1. The Labute approximate surface area is 90.1 Å². The molecule has 0 aliphatic rings. The zero-order valence-electron chi connectivity index (χ0n) is 8.86. The van der Waals surface area contributed by atoms with Crippen LogP contribution in [0, 0.1) is 0 Å². The van der Waals surface area contributed by atoms with E-state index < -0.39 is 15.9 Å². The first kappa shape index (κ1) is 14.2. The molecule has 7 heteroatoms. The van der Waals surface area contributed by atoms with Crippen molar-refractivity contribution in [2.24, 2.45) is 5.73 Å². The minimum Gasteiger partial charge on any atom is -0.448 e. The summed E-state index contributed by atoms with van der Waals surface area (Å²) in [7, 11) is -2.93. The van der Waals surface area contributed by atoms with Crippen molar-refractivity contribution in [3.05, 3.63) is 0 Å². The lowest BCUT2D eigenvalue weighted by Crippen LogP contribution is -2.28. The van der Waals surface area contributed by atoms with Gasteiger partial charge in [-0.25, -0.2) is 13.2 Å². The molecule has 0 bridgehead atoms. The van der Waals surface area contributed by atoms with Crippen molar-refractivity contribution in [1.82, 2.24) is 5.32 Å². The van der Waals surface area contributed by atoms with Gasteiger partial charge in [0.15, 0.2) is 9.84 Å². The molecule has 0 saturated carbocycles. The molecule has 0 aliphatic heterocycles. The number of primary amides is 1. The van der Waals surface area contributed by atoms with E-state index in [1.54, 1.807) is 0 Å². The summed E-state index contributed by atoms with van der Waals surface area (Å²) in [5.41, 5.74) is 4.73. The van der Waals surface area contributed by atoms with Gasteiger partial charge in [0, 0.05) is 18.8 Å². The van der Waals surface area contributed by atoms with E-state index in [1.165, 1.54) is 0 Å². The number of nitrogens with two attached hydrogens (primary N) is 1. The second-order valence-corrected chi connectivity index (χ2v) is 5.37. The third-order valence-corrected chi connectivity index (χ3v) is 3.48. The maximum atomic E-state index is 11.2. The van der Waals surface area contributed by atoms with E-state index in [4.69, 9.17) is 5.73 Å². The zero-order valence-corrected chi connectivity index (χ0v) is 9.68. The Morgan fingerprint density at radius 3 is 2.53 bits per heavy atom. The number of ether oxygens (including phenoxy) is 1. The van der Waals surface area contributed by atoms with E-state index >= 15 is 0 Å². The molecule has 3 N–H and O–H groups in total. The standard InChI is InChI=1S/C8H18N2O4S/c1-2-6-15(12,13)7-4-10-3-5-14-8(9)11/h10H,2-7H2,1H3,(H2,9,11). The monoisotopic (exact) mass is 238 g/mol. The molecule has 1 amide bonds. The summed E-state index contributed by atoms with van der Waals surface area (Å²) in [4.78, 5) is 10.2. The molecule has 0 spiro atoms. The van der Waals surface area contributed by atoms with Gasteiger partial charge in [-0.1, -0.05) is 6.92 Å². The quantitative estimate of drug-likeness (QED) is 0.555. The first-order valence-electron chi connectivity index (χ1n) is 4.81. The third-order valence-electron chi connectivity index (χ3n) is 1.63. The molecule has 0 unspecified atom stereocenters. The molecule has 0 saturated heterocycles. The molecule has 0 radical (unpaired) electrons. The van der Waals surface area contributed by atoms with Crippen molar-refractivity contribution < 1.29 is 17.9 Å². The number of amides is 1. The summed E-state index contributed by atoms with van der Waals surface area (Å²) in [6.07, 6.45) is -0.192. The van der Waals surface area contributed by atoms with Crippen molar-refractivity contribution >= 4 is 15.9 Å². The largest absolute Gasteiger partial charge is 0.448 e. The molecular weight excluding hydrogens is 220 g/mol. The minimum atomic E-state index is -2.93. The predicted octanol–water partition coefficient (Wildman–Crippen LogP) is -0.504. The summed E-state index contributed by atoms with van der Waals surface area (Å²) < 4.78 is 26.9. The predicted molar refractivity (Wildman–Crippen MR) is 57.3 cm³/mol. The van der Waals surface area contributed by atoms with E-state index in [2.05, 4.69) is 10.1 Å². The maximum absolute atomic E-state index is 11.2. The van der Waals surface area contributed by atoms with Crippen LogP contribution >= 0.6 is 0 Å². The lowest BCUT2D eigenvalue weighted by Gasteiger charge is -2.05. The number of carbonyl (C=O) groups is 1. The summed E-state index contributed by atoms with van der Waals surface area (Å²) >= 11 is 0. The lowest BCUT2D eigenvalue weighted by molar-refractivity contribution is 0.157. The van der Waals surface area contributed by atoms with Crippen molar-refractivity contribution in [1.29, 1.82) is 0 Å². The van der Waals surface area contributed by atoms with Crippen molar-refractivity contribution in [2.75, 3.05) is 31.2 Å². The Hall–Kier alpha value is -0.820. The molecular formula is C8H18N2O4S. The highest BCUT2D eigenvalue weighted by molar-refractivity contribution is 7.91. The molecule has 0 atom stereocenters. The Kier molecular flexibility index (Phi) is 7.06. The summed E-state index contributed by atoms with van der Waals surface area (Å²) in [6, 6.07) is 0. The van der Waals surface area contributed by atoms with Crippen LogP contribution in [-0.4, -0.2) is 45.7 Å². The van der Waals surface area contributed by atoms with Crippen molar-refractivity contribution in [2.45, 2.75) is 13.3 Å². The average molecular weight is 238 g/mol. The number of carbonyl (C=O) groups excluding carboxylic acids is 1. The topological polar surface area (TPSA) is 98.5 Å². The van der Waals surface area contributed by atoms with Crippen LogP contribution in [0.15, 0.2) is 0 Å². The van der Waals surface area contributed by atoms with Crippen LogP contribution in [0.25, 0.3) is 0 Å². The Bertz CT molecular complexity index is 276. The molecule has 0 aromatic rings. The maximum Gasteiger partial charge on any atom is 0.404 e. The van der Waals surface area contributed by atoms with Crippen LogP contribution in [0.5, 0.6) is 0 Å². The molecule has 90 valence electrons. The van der Waals surface area contributed by atoms with E-state index in [9.17, 15) is 13.2 Å². The van der Waals surface area contributed by atoms with Crippen LogP contribution < -0.4 is 11.1 Å². The van der Waals surface area contributed by atoms with E-state index in [-0.39, 0.29) is 18.1 Å². The zero-order chi connectivity index (χ0) is 11.7. The first-order chi connectivity index (χ1) is 6.98. The van der Waals surface area contributed by atoms with Gasteiger partial charge in [0.1, 0.15) is 6.61 Å². The Balaban J connectivity index is 3.42. The van der Waals surface area contributed by atoms with Crippen LogP contribution in [0.1, 0.15) is 13.3 Å². The summed E-state index contributed by atoms with van der Waals surface area (Å²) in [5, 5.41) is 2.84. The molecule has 0 fully saturated rings. The smallest absolute Gasteiger partial charge is 0.404 e. The summed E-state index contributed by atoms with van der Waals surface area (Å²) in [6.45, 7) is 2.75. The highest BCUT2D eigenvalue weighted by Gasteiger charge is 2.07. The van der Waals surface area contributed by atoms with Gasteiger partial charge >= 0.3 is 6.09 Å². The Morgan fingerprint density at radius 1 is 1.33 bits per heavy atom. The number of hydrogen-bond donors (Lipinski definition) is 2. The highest BCUT2D eigenvalue weighted by Crippen LogP contribution is 1.91. The van der Waals surface area contributed by atoms with E-state index in [0.717, 1.165) is 0 Å². The number of hydrogen-bond acceptors (Lipinski definition) is 5. The van der Waals surface area contributed by atoms with E-state index in [0.29, 0.717) is 19.5 Å². The van der Waals surface area contributed by atoms with Crippen LogP contribution in [0.2, 0.25) is 0 Å². The molecule has 0 aromatic carbocycles.